The van der Waals surface area contributed by atoms with Gasteiger partial charge in [-0.25, -0.2) is 8.42 Å². The summed E-state index contributed by atoms with van der Waals surface area (Å²) in [6.07, 6.45) is 2.62. The van der Waals surface area contributed by atoms with Crippen molar-refractivity contribution in [3.63, 3.8) is 0 Å². The number of halogens is 1. The van der Waals surface area contributed by atoms with Crippen LogP contribution in [0, 0.1) is 0 Å². The smallest absolute Gasteiger partial charge is 0.222 e. The third-order valence-electron chi connectivity index (χ3n) is 4.22. The summed E-state index contributed by atoms with van der Waals surface area (Å²) in [7, 11) is -1.47. The minimum atomic E-state index is -3.17. The molecule has 1 aliphatic heterocycles. The van der Waals surface area contributed by atoms with Crippen LogP contribution in [0.5, 0.6) is 0 Å². The average Bonchev–Trinajstić information content (AvgIpc) is 3.06. The van der Waals surface area contributed by atoms with E-state index in [1.165, 1.54) is 6.26 Å². The van der Waals surface area contributed by atoms with Crippen molar-refractivity contribution >= 4 is 45.7 Å². The SMILES string of the molecule is CCC(=O)N1CCC(NC(=NC)NCc2ccc(S(C)(=O)=O)cc2)C1.I. The maximum absolute atomic E-state index is 11.7. The number of likely N-dealkylation sites (tertiary alicyclic amines) is 1. The number of guanidine groups is 1. The molecule has 0 radical (unpaired) electrons. The standard InChI is InChI=1S/C17H26N4O3S.HI/c1-4-16(22)21-10-9-14(12-21)20-17(18-2)19-11-13-5-7-15(8-6-13)25(3,23)24;/h5-8,14H,4,9-12H2,1-3H3,(H2,18,19,20);1H. The van der Waals surface area contributed by atoms with Crippen molar-refractivity contribution < 1.29 is 13.2 Å². The molecule has 0 aliphatic carbocycles. The Morgan fingerprint density at radius 3 is 2.50 bits per heavy atom. The van der Waals surface area contributed by atoms with Crippen molar-refractivity contribution in [2.75, 3.05) is 26.4 Å². The second-order valence-electron chi connectivity index (χ2n) is 6.17. The van der Waals surface area contributed by atoms with E-state index in [-0.39, 0.29) is 35.9 Å². The van der Waals surface area contributed by atoms with Crippen LogP contribution in [0.1, 0.15) is 25.3 Å². The normalized spacial score (nSPS) is 17.6. The zero-order valence-electron chi connectivity index (χ0n) is 15.4. The van der Waals surface area contributed by atoms with E-state index in [9.17, 15) is 13.2 Å². The van der Waals surface area contributed by atoms with Gasteiger partial charge < -0.3 is 15.5 Å². The Bertz CT molecular complexity index is 735. The second-order valence-corrected chi connectivity index (χ2v) is 8.18. The van der Waals surface area contributed by atoms with Crippen LogP contribution in [0.3, 0.4) is 0 Å². The van der Waals surface area contributed by atoms with Crippen LogP contribution < -0.4 is 10.6 Å². The largest absolute Gasteiger partial charge is 0.352 e. The Labute approximate surface area is 172 Å². The van der Waals surface area contributed by atoms with Gasteiger partial charge in [-0.1, -0.05) is 19.1 Å². The highest BCUT2D eigenvalue weighted by molar-refractivity contribution is 14.0. The first kappa shape index (κ1) is 22.7. The van der Waals surface area contributed by atoms with E-state index in [2.05, 4.69) is 15.6 Å². The van der Waals surface area contributed by atoms with Crippen LogP contribution in [0.25, 0.3) is 0 Å². The predicted octanol–water partition coefficient (Wildman–Crippen LogP) is 1.38. The van der Waals surface area contributed by atoms with E-state index in [4.69, 9.17) is 0 Å². The molecule has 1 atom stereocenters. The second kappa shape index (κ2) is 10.1. The zero-order valence-corrected chi connectivity index (χ0v) is 18.5. The molecule has 1 aromatic carbocycles. The molecule has 1 heterocycles. The summed E-state index contributed by atoms with van der Waals surface area (Å²) >= 11 is 0. The molecule has 2 rings (SSSR count). The van der Waals surface area contributed by atoms with E-state index in [1.807, 2.05) is 11.8 Å². The Morgan fingerprint density at radius 2 is 1.96 bits per heavy atom. The third kappa shape index (κ3) is 6.42. The molecule has 1 fully saturated rings. The first-order valence-electron chi connectivity index (χ1n) is 8.37. The highest BCUT2D eigenvalue weighted by Crippen LogP contribution is 2.11. The van der Waals surface area contributed by atoms with Gasteiger partial charge in [-0.2, -0.15) is 0 Å². The maximum atomic E-state index is 11.7. The van der Waals surface area contributed by atoms with Gasteiger partial charge in [0.1, 0.15) is 0 Å². The van der Waals surface area contributed by atoms with Gasteiger partial charge in [0.2, 0.25) is 5.91 Å². The molecule has 0 spiro atoms. The van der Waals surface area contributed by atoms with Crippen molar-refractivity contribution in [1.29, 1.82) is 0 Å². The Kier molecular flexibility index (Phi) is 8.81. The molecule has 0 bridgehead atoms. The fraction of sp³-hybridized carbons (Fsp3) is 0.529. The monoisotopic (exact) mass is 494 g/mol. The van der Waals surface area contributed by atoms with Gasteiger partial charge >= 0.3 is 0 Å². The average molecular weight is 494 g/mol. The quantitative estimate of drug-likeness (QED) is 0.367. The van der Waals surface area contributed by atoms with Crippen LogP contribution in [0.2, 0.25) is 0 Å². The van der Waals surface area contributed by atoms with Crippen LogP contribution in [0.15, 0.2) is 34.2 Å². The molecule has 1 aliphatic rings. The number of nitrogens with one attached hydrogen (secondary N) is 2. The molecule has 7 nitrogen and oxygen atoms in total. The number of aliphatic imine (C=N–C) groups is 1. The van der Waals surface area contributed by atoms with E-state index in [0.29, 0.717) is 30.4 Å². The number of sulfone groups is 1. The van der Waals surface area contributed by atoms with Gasteiger partial charge in [0.25, 0.3) is 0 Å². The highest BCUT2D eigenvalue weighted by Gasteiger charge is 2.25. The number of hydrogen-bond donors (Lipinski definition) is 2. The lowest BCUT2D eigenvalue weighted by Crippen LogP contribution is -2.44. The summed E-state index contributed by atoms with van der Waals surface area (Å²) in [4.78, 5) is 18.1. The summed E-state index contributed by atoms with van der Waals surface area (Å²) in [5.74, 6) is 0.848. The lowest BCUT2D eigenvalue weighted by atomic mass is 10.2. The zero-order chi connectivity index (χ0) is 18.4. The molecule has 0 aromatic heterocycles. The van der Waals surface area contributed by atoms with Crippen molar-refractivity contribution in [2.24, 2.45) is 4.99 Å². The summed E-state index contributed by atoms with van der Waals surface area (Å²) in [6, 6.07) is 6.97. The fourth-order valence-corrected chi connectivity index (χ4v) is 3.39. The molecule has 2 N–H and O–H groups in total. The summed E-state index contributed by atoms with van der Waals surface area (Å²) in [5.41, 5.74) is 0.963. The minimum absolute atomic E-state index is 0. The number of carbonyl (C=O) groups excluding carboxylic acids is 1. The first-order valence-corrected chi connectivity index (χ1v) is 10.3. The lowest BCUT2D eigenvalue weighted by Gasteiger charge is -2.18. The van der Waals surface area contributed by atoms with Crippen molar-refractivity contribution in [2.45, 2.75) is 37.2 Å². The fourth-order valence-electron chi connectivity index (χ4n) is 2.76. The maximum Gasteiger partial charge on any atom is 0.222 e. The van der Waals surface area contributed by atoms with Gasteiger partial charge in [-0.05, 0) is 24.1 Å². The number of hydrogen-bond acceptors (Lipinski definition) is 4. The predicted molar refractivity (Wildman–Crippen MR) is 114 cm³/mol. The molecule has 0 saturated carbocycles. The highest BCUT2D eigenvalue weighted by atomic mass is 127. The van der Waals surface area contributed by atoms with Crippen LogP contribution in [-0.2, 0) is 21.2 Å². The number of benzene rings is 1. The van der Waals surface area contributed by atoms with E-state index >= 15 is 0 Å². The number of amides is 1. The van der Waals surface area contributed by atoms with Crippen LogP contribution >= 0.6 is 24.0 Å². The van der Waals surface area contributed by atoms with Gasteiger partial charge in [-0.3, -0.25) is 9.79 Å². The molecule has 26 heavy (non-hydrogen) atoms. The lowest BCUT2D eigenvalue weighted by molar-refractivity contribution is -0.129. The Balaban J connectivity index is 0.00000338. The molecular weight excluding hydrogens is 467 g/mol. The Morgan fingerprint density at radius 1 is 1.31 bits per heavy atom. The molecule has 9 heteroatoms. The molecule has 1 amide bonds. The van der Waals surface area contributed by atoms with E-state index in [0.717, 1.165) is 18.5 Å². The molecular formula is C17H27IN4O3S. The third-order valence-corrected chi connectivity index (χ3v) is 5.35. The van der Waals surface area contributed by atoms with Crippen molar-refractivity contribution in [3.05, 3.63) is 29.8 Å². The molecule has 1 aromatic rings. The number of carbonyl (C=O) groups is 1. The van der Waals surface area contributed by atoms with Gasteiger partial charge in [0, 0.05) is 45.4 Å². The number of rotatable bonds is 5. The molecule has 1 unspecified atom stereocenters. The topological polar surface area (TPSA) is 90.9 Å². The Hall–Kier alpha value is -1.36. The van der Waals surface area contributed by atoms with Crippen LogP contribution in [0.4, 0.5) is 0 Å². The minimum Gasteiger partial charge on any atom is -0.352 e. The summed E-state index contributed by atoms with van der Waals surface area (Å²) < 4.78 is 22.9. The van der Waals surface area contributed by atoms with Gasteiger partial charge in [0.05, 0.1) is 4.90 Å². The summed E-state index contributed by atoms with van der Waals surface area (Å²) in [6.45, 7) is 3.87. The van der Waals surface area contributed by atoms with Crippen LogP contribution in [-0.4, -0.2) is 57.6 Å². The number of nitrogens with zero attached hydrogens (tertiary/aromatic N) is 2. The van der Waals surface area contributed by atoms with Gasteiger partial charge in [-0.15, -0.1) is 24.0 Å². The van der Waals surface area contributed by atoms with Crippen molar-refractivity contribution in [3.8, 4) is 0 Å². The van der Waals surface area contributed by atoms with Crippen molar-refractivity contribution in [1.82, 2.24) is 15.5 Å². The molecule has 1 saturated heterocycles. The van der Waals surface area contributed by atoms with E-state index < -0.39 is 9.84 Å². The summed E-state index contributed by atoms with van der Waals surface area (Å²) in [5, 5.41) is 6.54. The van der Waals surface area contributed by atoms with Gasteiger partial charge in [0.15, 0.2) is 15.8 Å². The first-order chi connectivity index (χ1) is 11.8. The molecule has 146 valence electrons. The van der Waals surface area contributed by atoms with E-state index in [1.54, 1.807) is 31.3 Å².